The standard InChI is InChI=1S/C46H60N4O4Si/c1-33-28-39(21-26-43(33)53-6)37-17-12-36(13-18-37)31-50(45(51)38-19-24-42(25-20-38)54-55(7,8)46(2,3)4)40-11-9-10-34(29-40)16-27-44-47-32-49(48-44)30-35-14-22-41(52-5)23-15-35/h9-11,14-15,21-23,26,28-29,32,36-38,42H,12-13,17-20,24-25,30-31H2,1-8H3. The van der Waals surface area contributed by atoms with E-state index < -0.39 is 8.32 Å². The first-order valence-electron chi connectivity index (χ1n) is 20.1. The molecule has 0 unspecified atom stereocenters. The molecule has 1 heterocycles. The SMILES string of the molecule is COc1ccc(Cn2cnc(C#Cc3cccc(N(CC4CCC(c5ccc(OC)c(C)c5)CC4)C(=O)C4CCC(O[Si](C)(C)C(C)(C)C)CC4)c3)n2)cc1. The van der Waals surface area contributed by atoms with Crippen molar-refractivity contribution in [1.82, 2.24) is 14.8 Å². The van der Waals surface area contributed by atoms with E-state index in [-0.39, 0.29) is 23.0 Å². The molecular formula is C46H60N4O4Si. The quantitative estimate of drug-likeness (QED) is 0.112. The van der Waals surface area contributed by atoms with Crippen LogP contribution >= 0.6 is 0 Å². The molecule has 2 saturated carbocycles. The Kier molecular flexibility index (Phi) is 12.9. The minimum absolute atomic E-state index is 0.00788. The highest BCUT2D eigenvalue weighted by Crippen LogP contribution is 2.41. The molecule has 1 amide bonds. The lowest BCUT2D eigenvalue weighted by Gasteiger charge is -2.41. The number of hydrogen-bond donors (Lipinski definition) is 0. The summed E-state index contributed by atoms with van der Waals surface area (Å²) < 4.78 is 19.4. The van der Waals surface area contributed by atoms with Crippen LogP contribution in [0.15, 0.2) is 73.1 Å². The van der Waals surface area contributed by atoms with Gasteiger partial charge in [0.25, 0.3) is 0 Å². The molecule has 2 aliphatic carbocycles. The maximum absolute atomic E-state index is 14.6. The lowest BCUT2D eigenvalue weighted by molar-refractivity contribution is -0.124. The van der Waals surface area contributed by atoms with Crippen molar-refractivity contribution in [3.05, 3.63) is 101 Å². The topological polar surface area (TPSA) is 78.7 Å². The molecular weight excluding hydrogens is 701 g/mol. The number of amides is 1. The monoisotopic (exact) mass is 760 g/mol. The van der Waals surface area contributed by atoms with E-state index in [0.29, 0.717) is 24.2 Å². The lowest BCUT2D eigenvalue weighted by Crippen LogP contribution is -2.46. The van der Waals surface area contributed by atoms with E-state index in [0.717, 1.165) is 86.2 Å². The summed E-state index contributed by atoms with van der Waals surface area (Å²) in [7, 11) is 1.52. The van der Waals surface area contributed by atoms with Gasteiger partial charge in [-0.2, -0.15) is 0 Å². The number of carbonyl (C=O) groups is 1. The zero-order valence-electron chi connectivity index (χ0n) is 34.2. The molecule has 9 heteroatoms. The zero-order chi connectivity index (χ0) is 39.2. The summed E-state index contributed by atoms with van der Waals surface area (Å²) in [4.78, 5) is 21.1. The number of ether oxygens (including phenoxy) is 2. The number of aryl methyl sites for hydroxylation is 1. The van der Waals surface area contributed by atoms with Crippen molar-refractivity contribution in [1.29, 1.82) is 0 Å². The van der Waals surface area contributed by atoms with Crippen molar-refractivity contribution in [2.45, 2.75) is 116 Å². The Balaban J connectivity index is 1.16. The molecule has 4 aromatic rings. The number of anilines is 1. The molecule has 0 bridgehead atoms. The van der Waals surface area contributed by atoms with Crippen LogP contribution in [0.3, 0.4) is 0 Å². The molecule has 0 aliphatic heterocycles. The number of carbonyl (C=O) groups excluding carboxylic acids is 1. The van der Waals surface area contributed by atoms with Crippen molar-refractivity contribution in [3.63, 3.8) is 0 Å². The van der Waals surface area contributed by atoms with Crippen LogP contribution in [0.2, 0.25) is 18.1 Å². The smallest absolute Gasteiger partial charge is 0.230 e. The normalized spacial score (nSPS) is 20.3. The van der Waals surface area contributed by atoms with Gasteiger partial charge in [0.2, 0.25) is 11.7 Å². The second-order valence-electron chi connectivity index (χ2n) is 17.2. The highest BCUT2D eigenvalue weighted by molar-refractivity contribution is 6.74. The molecule has 0 atom stereocenters. The van der Waals surface area contributed by atoms with E-state index in [1.165, 1.54) is 11.1 Å². The first-order valence-corrected chi connectivity index (χ1v) is 23.0. The average Bonchev–Trinajstić information content (AvgIpc) is 3.63. The third kappa shape index (κ3) is 10.3. The minimum atomic E-state index is -1.87. The summed E-state index contributed by atoms with van der Waals surface area (Å²) in [5.74, 6) is 9.87. The van der Waals surface area contributed by atoms with Crippen molar-refractivity contribution in [2.75, 3.05) is 25.7 Å². The Morgan fingerprint density at radius 2 is 1.62 bits per heavy atom. The molecule has 1 aromatic heterocycles. The molecule has 0 radical (unpaired) electrons. The van der Waals surface area contributed by atoms with Gasteiger partial charge in [-0.3, -0.25) is 4.79 Å². The number of aromatic nitrogens is 3. The van der Waals surface area contributed by atoms with Gasteiger partial charge < -0.3 is 18.8 Å². The van der Waals surface area contributed by atoms with Gasteiger partial charge in [0.05, 0.1) is 20.8 Å². The fourth-order valence-electron chi connectivity index (χ4n) is 7.88. The van der Waals surface area contributed by atoms with Gasteiger partial charge >= 0.3 is 0 Å². The first kappa shape index (κ1) is 40.3. The number of nitrogens with zero attached hydrogens (tertiary/aromatic N) is 4. The summed E-state index contributed by atoms with van der Waals surface area (Å²) in [5.41, 5.74) is 5.44. The Labute approximate surface area is 330 Å². The summed E-state index contributed by atoms with van der Waals surface area (Å²) in [5, 5.41) is 4.76. The zero-order valence-corrected chi connectivity index (χ0v) is 35.2. The van der Waals surface area contributed by atoms with Gasteiger partial charge in [-0.05, 0) is 147 Å². The summed E-state index contributed by atoms with van der Waals surface area (Å²) in [6, 6.07) is 22.7. The molecule has 8 nitrogen and oxygen atoms in total. The average molecular weight is 761 g/mol. The van der Waals surface area contributed by atoms with E-state index in [4.69, 9.17) is 13.9 Å². The molecule has 2 aliphatic rings. The maximum Gasteiger partial charge on any atom is 0.230 e. The predicted octanol–water partition coefficient (Wildman–Crippen LogP) is 9.94. The predicted molar refractivity (Wildman–Crippen MR) is 223 cm³/mol. The van der Waals surface area contributed by atoms with E-state index in [1.807, 2.05) is 36.4 Å². The molecule has 3 aromatic carbocycles. The number of rotatable bonds is 11. The van der Waals surface area contributed by atoms with Gasteiger partial charge in [0.1, 0.15) is 17.8 Å². The summed E-state index contributed by atoms with van der Waals surface area (Å²) in [6.07, 6.45) is 9.98. The van der Waals surface area contributed by atoms with Crippen LogP contribution in [0, 0.1) is 30.6 Å². The summed E-state index contributed by atoms with van der Waals surface area (Å²) in [6.45, 7) is 15.0. The molecule has 292 valence electrons. The Bertz CT molecular complexity index is 1960. The van der Waals surface area contributed by atoms with E-state index in [1.54, 1.807) is 25.2 Å². The largest absolute Gasteiger partial charge is 0.497 e. The van der Waals surface area contributed by atoms with Gasteiger partial charge in [-0.25, -0.2) is 9.67 Å². The number of hydrogen-bond acceptors (Lipinski definition) is 6. The number of methoxy groups -OCH3 is 2. The molecule has 0 saturated heterocycles. The van der Waals surface area contributed by atoms with E-state index in [2.05, 4.69) is 97.9 Å². The Hall–Kier alpha value is -4.39. The fourth-order valence-corrected chi connectivity index (χ4v) is 9.30. The Morgan fingerprint density at radius 1 is 0.891 bits per heavy atom. The minimum Gasteiger partial charge on any atom is -0.497 e. The third-order valence-electron chi connectivity index (χ3n) is 12.3. The summed E-state index contributed by atoms with van der Waals surface area (Å²) >= 11 is 0. The van der Waals surface area contributed by atoms with Crippen LogP contribution in [-0.4, -0.2) is 55.9 Å². The second kappa shape index (κ2) is 17.6. The Morgan fingerprint density at radius 3 is 2.27 bits per heavy atom. The van der Waals surface area contributed by atoms with Crippen molar-refractivity contribution in [2.24, 2.45) is 11.8 Å². The van der Waals surface area contributed by atoms with Crippen LogP contribution in [-0.2, 0) is 15.8 Å². The highest BCUT2D eigenvalue weighted by Gasteiger charge is 2.41. The van der Waals surface area contributed by atoms with Crippen LogP contribution in [0.5, 0.6) is 11.5 Å². The highest BCUT2D eigenvalue weighted by atomic mass is 28.4. The molecule has 0 spiro atoms. The van der Waals surface area contributed by atoms with E-state index >= 15 is 0 Å². The van der Waals surface area contributed by atoms with Crippen LogP contribution < -0.4 is 14.4 Å². The van der Waals surface area contributed by atoms with Gasteiger partial charge in [-0.1, -0.05) is 57.0 Å². The van der Waals surface area contributed by atoms with Gasteiger partial charge in [-0.15, -0.1) is 5.10 Å². The lowest BCUT2D eigenvalue weighted by atomic mass is 9.78. The van der Waals surface area contributed by atoms with Crippen molar-refractivity contribution >= 4 is 19.9 Å². The molecule has 2 fully saturated rings. The van der Waals surface area contributed by atoms with Gasteiger partial charge in [0, 0.05) is 29.8 Å². The molecule has 0 N–H and O–H groups in total. The second-order valence-corrected chi connectivity index (χ2v) is 21.9. The maximum atomic E-state index is 14.6. The first-order chi connectivity index (χ1) is 26.3. The fraction of sp³-hybridized carbons (Fsp3) is 0.500. The van der Waals surface area contributed by atoms with Crippen molar-refractivity contribution in [3.8, 4) is 23.3 Å². The van der Waals surface area contributed by atoms with Crippen molar-refractivity contribution < 1.29 is 18.7 Å². The van der Waals surface area contributed by atoms with E-state index in [9.17, 15) is 4.79 Å². The van der Waals surface area contributed by atoms with Crippen LogP contribution in [0.1, 0.15) is 106 Å². The molecule has 6 rings (SSSR count). The van der Waals surface area contributed by atoms with Gasteiger partial charge in [0.15, 0.2) is 8.32 Å². The third-order valence-corrected chi connectivity index (χ3v) is 16.8. The number of benzene rings is 3. The molecule has 55 heavy (non-hydrogen) atoms. The van der Waals surface area contributed by atoms with Crippen LogP contribution in [0.25, 0.3) is 0 Å². The van der Waals surface area contributed by atoms with Crippen LogP contribution in [0.4, 0.5) is 5.69 Å².